The monoisotopic (exact) mass is 292 g/mol. The fourth-order valence-corrected chi connectivity index (χ4v) is 1.08. The van der Waals surface area contributed by atoms with E-state index in [4.69, 9.17) is 5.73 Å². The molecule has 1 aromatic rings. The van der Waals surface area contributed by atoms with E-state index in [1.54, 1.807) is 6.92 Å². The van der Waals surface area contributed by atoms with Gasteiger partial charge >= 0.3 is 6.18 Å². The van der Waals surface area contributed by atoms with E-state index in [2.05, 4.69) is 9.72 Å². The summed E-state index contributed by atoms with van der Waals surface area (Å²) in [4.78, 5) is 3.92. The Kier molecular flexibility index (Phi) is 8.31. The van der Waals surface area contributed by atoms with Crippen molar-refractivity contribution >= 4 is 24.8 Å². The molecule has 0 aliphatic heterocycles. The third kappa shape index (κ3) is 5.95. The number of alkyl halides is 3. The van der Waals surface area contributed by atoms with E-state index in [0.29, 0.717) is 11.3 Å². The van der Waals surface area contributed by atoms with Crippen LogP contribution in [0, 0.1) is 6.92 Å². The van der Waals surface area contributed by atoms with Gasteiger partial charge in [0, 0.05) is 18.3 Å². The summed E-state index contributed by atoms with van der Waals surface area (Å²) in [6, 6.07) is 1.39. The van der Waals surface area contributed by atoms with Crippen LogP contribution in [0.4, 0.5) is 13.2 Å². The third-order valence-corrected chi connectivity index (χ3v) is 1.84. The van der Waals surface area contributed by atoms with Gasteiger partial charge in [0.15, 0.2) is 6.61 Å². The molecule has 0 atom stereocenters. The predicted octanol–water partition coefficient (Wildman–Crippen LogP) is 2.63. The number of hydrogen-bond donors (Lipinski definition) is 1. The summed E-state index contributed by atoms with van der Waals surface area (Å²) in [5.74, 6) is 0.169. The summed E-state index contributed by atoms with van der Waals surface area (Å²) in [5.41, 5.74) is 6.44. The molecule has 2 N–H and O–H groups in total. The number of ether oxygens (including phenoxy) is 1. The zero-order valence-corrected chi connectivity index (χ0v) is 10.6. The maximum atomic E-state index is 11.9. The molecule has 0 saturated heterocycles. The van der Waals surface area contributed by atoms with Crippen LogP contribution in [0.3, 0.4) is 0 Å². The Morgan fingerprint density at radius 3 is 2.41 bits per heavy atom. The molecule has 8 heteroatoms. The number of hydrogen-bond acceptors (Lipinski definition) is 3. The van der Waals surface area contributed by atoms with Crippen molar-refractivity contribution in [1.29, 1.82) is 0 Å². The van der Waals surface area contributed by atoms with Crippen molar-refractivity contribution in [3.63, 3.8) is 0 Å². The molecule has 1 aromatic heterocycles. The average Bonchev–Trinajstić information content (AvgIpc) is 2.15. The summed E-state index contributed by atoms with van der Waals surface area (Å²) in [7, 11) is 0. The summed E-state index contributed by atoms with van der Waals surface area (Å²) in [6.45, 7) is 0.498. The molecule has 0 fully saturated rings. The molecule has 0 aromatic carbocycles. The zero-order chi connectivity index (χ0) is 11.5. The van der Waals surface area contributed by atoms with Gasteiger partial charge in [-0.25, -0.2) is 0 Å². The molecule has 3 nitrogen and oxygen atoms in total. The largest absolute Gasteiger partial charge is 0.484 e. The van der Waals surface area contributed by atoms with Crippen LogP contribution in [0.1, 0.15) is 11.3 Å². The first-order chi connectivity index (χ1) is 6.94. The van der Waals surface area contributed by atoms with Crippen LogP contribution in [-0.2, 0) is 6.54 Å². The Morgan fingerprint density at radius 2 is 1.94 bits per heavy atom. The second kappa shape index (κ2) is 7.58. The van der Waals surface area contributed by atoms with Crippen molar-refractivity contribution in [3.8, 4) is 5.75 Å². The first-order valence-corrected chi connectivity index (χ1v) is 4.28. The smallest absolute Gasteiger partial charge is 0.422 e. The summed E-state index contributed by atoms with van der Waals surface area (Å²) in [5, 5.41) is 0. The number of aromatic nitrogens is 1. The van der Waals surface area contributed by atoms with Crippen LogP contribution >= 0.6 is 24.8 Å². The lowest BCUT2D eigenvalue weighted by atomic mass is 10.2. The minimum atomic E-state index is -4.33. The molecule has 0 amide bonds. The Labute approximate surface area is 109 Å². The van der Waals surface area contributed by atoms with Crippen molar-refractivity contribution in [2.75, 3.05) is 6.61 Å². The fourth-order valence-electron chi connectivity index (χ4n) is 1.08. The normalized spacial score (nSPS) is 10.2. The highest BCUT2D eigenvalue weighted by atomic mass is 35.5. The van der Waals surface area contributed by atoms with E-state index in [9.17, 15) is 13.2 Å². The Morgan fingerprint density at radius 1 is 1.35 bits per heavy atom. The van der Waals surface area contributed by atoms with Gasteiger partial charge in [-0.1, -0.05) is 0 Å². The zero-order valence-electron chi connectivity index (χ0n) is 8.95. The van der Waals surface area contributed by atoms with Gasteiger partial charge in [-0.3, -0.25) is 4.98 Å². The van der Waals surface area contributed by atoms with Crippen LogP contribution in [-0.4, -0.2) is 17.8 Å². The number of nitrogens with zero attached hydrogens (tertiary/aromatic N) is 1. The first kappa shape index (κ1) is 18.6. The lowest BCUT2D eigenvalue weighted by Gasteiger charge is -2.12. The maximum Gasteiger partial charge on any atom is 0.422 e. The highest BCUT2D eigenvalue weighted by molar-refractivity contribution is 5.85. The number of halogens is 5. The topological polar surface area (TPSA) is 48.1 Å². The summed E-state index contributed by atoms with van der Waals surface area (Å²) in [6.07, 6.45) is -2.96. The van der Waals surface area contributed by atoms with Gasteiger partial charge in [0.25, 0.3) is 0 Å². The Bertz CT molecular complexity index is 348. The van der Waals surface area contributed by atoms with Gasteiger partial charge in [0.05, 0.1) is 5.69 Å². The van der Waals surface area contributed by atoms with E-state index < -0.39 is 12.8 Å². The van der Waals surface area contributed by atoms with Crippen molar-refractivity contribution < 1.29 is 17.9 Å². The van der Waals surface area contributed by atoms with Gasteiger partial charge in [0.2, 0.25) is 0 Å². The lowest BCUT2D eigenvalue weighted by Crippen LogP contribution is -2.20. The molecule has 0 spiro atoms. The minimum Gasteiger partial charge on any atom is -0.484 e. The van der Waals surface area contributed by atoms with Gasteiger partial charge < -0.3 is 10.5 Å². The maximum absolute atomic E-state index is 11.9. The molecular formula is C9H13Cl2F3N2O. The van der Waals surface area contributed by atoms with E-state index in [1.807, 2.05) is 0 Å². The molecule has 100 valence electrons. The van der Waals surface area contributed by atoms with E-state index >= 15 is 0 Å². The molecule has 1 heterocycles. The summed E-state index contributed by atoms with van der Waals surface area (Å²) >= 11 is 0. The molecule has 0 unspecified atom stereocenters. The predicted molar refractivity (Wildman–Crippen MR) is 62.9 cm³/mol. The van der Waals surface area contributed by atoms with Crippen LogP contribution in [0.15, 0.2) is 12.3 Å². The average molecular weight is 293 g/mol. The quantitative estimate of drug-likeness (QED) is 0.932. The molecule has 0 aliphatic rings. The van der Waals surface area contributed by atoms with Crippen LogP contribution in [0.25, 0.3) is 0 Å². The van der Waals surface area contributed by atoms with Crippen molar-refractivity contribution in [3.05, 3.63) is 23.5 Å². The number of rotatable bonds is 3. The highest BCUT2D eigenvalue weighted by Crippen LogP contribution is 2.22. The molecule has 1 rings (SSSR count). The molecular weight excluding hydrogens is 280 g/mol. The van der Waals surface area contributed by atoms with Gasteiger partial charge in [-0.2, -0.15) is 13.2 Å². The number of nitrogens with two attached hydrogens (primary N) is 1. The van der Waals surface area contributed by atoms with Gasteiger partial charge in [-0.05, 0) is 13.0 Å². The van der Waals surface area contributed by atoms with Crippen molar-refractivity contribution in [2.45, 2.75) is 19.6 Å². The van der Waals surface area contributed by atoms with Gasteiger partial charge in [-0.15, -0.1) is 24.8 Å². The standard InChI is InChI=1S/C9H11F3N2O.2ClH/c1-6-7(4-13)14-3-2-8(6)15-5-9(10,11)12;;/h2-3H,4-5,13H2,1H3;2*1H. The lowest BCUT2D eigenvalue weighted by molar-refractivity contribution is -0.153. The van der Waals surface area contributed by atoms with E-state index in [0.717, 1.165) is 0 Å². The minimum absolute atomic E-state index is 0. The van der Waals surface area contributed by atoms with Crippen LogP contribution in [0.5, 0.6) is 5.75 Å². The van der Waals surface area contributed by atoms with Crippen LogP contribution in [0.2, 0.25) is 0 Å². The molecule has 17 heavy (non-hydrogen) atoms. The van der Waals surface area contributed by atoms with Crippen LogP contribution < -0.4 is 10.5 Å². The van der Waals surface area contributed by atoms with E-state index in [1.165, 1.54) is 12.3 Å². The van der Waals surface area contributed by atoms with E-state index in [-0.39, 0.29) is 37.1 Å². The number of pyridine rings is 1. The SMILES string of the molecule is Cc1c(OCC(F)(F)F)ccnc1CN.Cl.Cl. The second-order valence-electron chi connectivity index (χ2n) is 2.99. The highest BCUT2D eigenvalue weighted by Gasteiger charge is 2.28. The van der Waals surface area contributed by atoms with Gasteiger partial charge in [0.1, 0.15) is 5.75 Å². The Balaban J connectivity index is 0. The van der Waals surface area contributed by atoms with Crippen molar-refractivity contribution in [2.24, 2.45) is 5.73 Å². The Hall–Kier alpha value is -0.720. The second-order valence-corrected chi connectivity index (χ2v) is 2.99. The molecule has 0 radical (unpaired) electrons. The summed E-state index contributed by atoms with van der Waals surface area (Å²) < 4.78 is 40.3. The fraction of sp³-hybridized carbons (Fsp3) is 0.444. The molecule has 0 aliphatic carbocycles. The molecule has 0 bridgehead atoms. The first-order valence-electron chi connectivity index (χ1n) is 4.28. The van der Waals surface area contributed by atoms with Crippen molar-refractivity contribution in [1.82, 2.24) is 4.98 Å². The molecule has 0 saturated carbocycles. The third-order valence-electron chi connectivity index (χ3n) is 1.84.